The van der Waals surface area contributed by atoms with Crippen molar-refractivity contribution in [2.45, 2.75) is 43.0 Å². The Labute approximate surface area is 133 Å². The third kappa shape index (κ3) is 6.00. The molecule has 8 nitrogen and oxygen atoms in total. The van der Waals surface area contributed by atoms with Crippen LogP contribution in [0.3, 0.4) is 0 Å². The Morgan fingerprint density at radius 2 is 1.77 bits per heavy atom. The van der Waals surface area contributed by atoms with Gasteiger partial charge in [-0.15, -0.1) is 0 Å². The molecule has 126 valence electrons. The van der Waals surface area contributed by atoms with E-state index in [-0.39, 0.29) is 23.8 Å². The first-order valence-corrected chi connectivity index (χ1v) is 8.05. The third-order valence-electron chi connectivity index (χ3n) is 3.41. The van der Waals surface area contributed by atoms with E-state index < -0.39 is 18.2 Å². The maximum absolute atomic E-state index is 11.5. The fraction of sp³-hybridized carbons (Fsp3) is 0.769. The summed E-state index contributed by atoms with van der Waals surface area (Å²) >= 11 is 1.63. The van der Waals surface area contributed by atoms with Gasteiger partial charge in [0.15, 0.2) is 0 Å². The number of hydrogen-bond donors (Lipinski definition) is 3. The smallest absolute Gasteiger partial charge is 0.407 e. The van der Waals surface area contributed by atoms with Gasteiger partial charge in [-0.2, -0.15) is 11.8 Å². The Hall–Kier alpha value is -1.64. The Bertz CT molecular complexity index is 406. The second-order valence-corrected chi connectivity index (χ2v) is 6.19. The number of carbonyl (C=O) groups excluding carboxylic acids is 2. The molecule has 0 aromatic heterocycles. The van der Waals surface area contributed by atoms with E-state index in [0.717, 1.165) is 12.8 Å². The number of hydrogen-bond acceptors (Lipinski definition) is 6. The van der Waals surface area contributed by atoms with Crippen LogP contribution in [0.1, 0.15) is 25.7 Å². The van der Waals surface area contributed by atoms with E-state index in [0.29, 0.717) is 12.2 Å². The molecule has 1 fully saturated rings. The van der Waals surface area contributed by atoms with Crippen molar-refractivity contribution in [1.82, 2.24) is 10.6 Å². The van der Waals surface area contributed by atoms with Crippen LogP contribution in [0.15, 0.2) is 0 Å². The minimum atomic E-state index is -0.812. The van der Waals surface area contributed by atoms with Crippen molar-refractivity contribution in [2.75, 3.05) is 20.0 Å². The molecule has 0 bridgehead atoms. The highest BCUT2D eigenvalue weighted by Crippen LogP contribution is 2.31. The summed E-state index contributed by atoms with van der Waals surface area (Å²) in [5.41, 5.74) is 0. The average Bonchev–Trinajstić information content (AvgIpc) is 2.85. The number of carboxylic acid groups (broad SMARTS) is 1. The fourth-order valence-electron chi connectivity index (χ4n) is 2.31. The van der Waals surface area contributed by atoms with Crippen molar-refractivity contribution in [2.24, 2.45) is 0 Å². The highest BCUT2D eigenvalue weighted by molar-refractivity contribution is 8.00. The number of nitrogens with one attached hydrogen (secondary N) is 2. The summed E-state index contributed by atoms with van der Waals surface area (Å²) in [5.74, 6) is -0.165. The van der Waals surface area contributed by atoms with E-state index in [1.807, 2.05) is 0 Å². The van der Waals surface area contributed by atoms with Crippen LogP contribution in [0.5, 0.6) is 0 Å². The number of amides is 2. The first kappa shape index (κ1) is 18.4. The van der Waals surface area contributed by atoms with Crippen molar-refractivity contribution in [3.05, 3.63) is 0 Å². The molecule has 3 N–H and O–H groups in total. The van der Waals surface area contributed by atoms with E-state index >= 15 is 0 Å². The van der Waals surface area contributed by atoms with Crippen LogP contribution in [0.2, 0.25) is 0 Å². The van der Waals surface area contributed by atoms with Gasteiger partial charge in [-0.1, -0.05) is 6.42 Å². The van der Waals surface area contributed by atoms with Gasteiger partial charge in [0, 0.05) is 17.4 Å². The zero-order valence-corrected chi connectivity index (χ0v) is 13.5. The van der Waals surface area contributed by atoms with Crippen LogP contribution < -0.4 is 10.6 Å². The Morgan fingerprint density at radius 1 is 1.14 bits per heavy atom. The SMILES string of the molecule is COC(=O)N[C@@H]1[C@@H](NC(=O)OC)CS[C@H]1CCCCC(=O)O. The Morgan fingerprint density at radius 3 is 2.36 bits per heavy atom. The van der Waals surface area contributed by atoms with Gasteiger partial charge in [-0.05, 0) is 12.8 Å². The molecule has 1 aliphatic rings. The van der Waals surface area contributed by atoms with Crippen LogP contribution in [0.4, 0.5) is 9.59 Å². The maximum atomic E-state index is 11.5. The maximum Gasteiger partial charge on any atom is 0.407 e. The predicted octanol–water partition coefficient (Wildman–Crippen LogP) is 1.20. The molecule has 0 saturated carbocycles. The van der Waals surface area contributed by atoms with Crippen molar-refractivity contribution in [3.63, 3.8) is 0 Å². The second-order valence-electron chi connectivity index (χ2n) is 4.92. The molecule has 0 aliphatic carbocycles. The van der Waals surface area contributed by atoms with Gasteiger partial charge >= 0.3 is 18.2 Å². The minimum absolute atomic E-state index is 0.0926. The number of thioether (sulfide) groups is 1. The van der Waals surface area contributed by atoms with Gasteiger partial charge in [-0.3, -0.25) is 4.79 Å². The second kappa shape index (κ2) is 9.39. The summed E-state index contributed by atoms with van der Waals surface area (Å²) in [4.78, 5) is 33.3. The molecule has 0 unspecified atom stereocenters. The van der Waals surface area contributed by atoms with Crippen LogP contribution in [-0.2, 0) is 14.3 Å². The summed E-state index contributed by atoms with van der Waals surface area (Å²) in [5, 5.41) is 14.2. The van der Waals surface area contributed by atoms with E-state index in [4.69, 9.17) is 5.11 Å². The van der Waals surface area contributed by atoms with Crippen LogP contribution >= 0.6 is 11.8 Å². The van der Waals surface area contributed by atoms with Crippen molar-refractivity contribution >= 4 is 29.9 Å². The predicted molar refractivity (Wildman–Crippen MR) is 81.0 cm³/mol. The molecule has 3 atom stereocenters. The fourth-order valence-corrected chi connectivity index (χ4v) is 3.85. The first-order chi connectivity index (χ1) is 10.5. The lowest BCUT2D eigenvalue weighted by molar-refractivity contribution is -0.137. The molecule has 0 spiro atoms. The zero-order valence-electron chi connectivity index (χ0n) is 12.7. The standard InChI is InChI=1S/C13H22N2O6S/c1-20-12(18)14-8-7-22-9(5-3-4-6-10(16)17)11(8)15-13(19)21-2/h8-9,11H,3-7H2,1-2H3,(H,14,18)(H,15,19)(H,16,17)/t8-,9-,11+/m0/s1. The summed E-state index contributed by atoms with van der Waals surface area (Å²) in [6, 6.07) is -0.526. The summed E-state index contributed by atoms with van der Waals surface area (Å²) in [7, 11) is 2.56. The van der Waals surface area contributed by atoms with E-state index in [9.17, 15) is 14.4 Å². The topological polar surface area (TPSA) is 114 Å². The summed E-state index contributed by atoms with van der Waals surface area (Å²) < 4.78 is 9.20. The largest absolute Gasteiger partial charge is 0.481 e. The lowest BCUT2D eigenvalue weighted by Gasteiger charge is -2.24. The molecule has 1 heterocycles. The number of unbranched alkanes of at least 4 members (excludes halogenated alkanes) is 1. The average molecular weight is 334 g/mol. The minimum Gasteiger partial charge on any atom is -0.481 e. The van der Waals surface area contributed by atoms with Gasteiger partial charge in [0.1, 0.15) is 0 Å². The summed E-state index contributed by atoms with van der Waals surface area (Å²) in [6.07, 6.45) is 1.12. The monoisotopic (exact) mass is 334 g/mol. The summed E-state index contributed by atoms with van der Waals surface area (Å²) in [6.45, 7) is 0. The Kier molecular flexibility index (Phi) is 7.86. The van der Waals surface area contributed by atoms with E-state index in [1.54, 1.807) is 11.8 Å². The van der Waals surface area contributed by atoms with Gasteiger partial charge in [0.25, 0.3) is 0 Å². The van der Waals surface area contributed by atoms with Crippen molar-refractivity contribution in [1.29, 1.82) is 0 Å². The van der Waals surface area contributed by atoms with Gasteiger partial charge in [0.2, 0.25) is 0 Å². The number of alkyl carbamates (subject to hydrolysis) is 2. The number of rotatable bonds is 7. The molecule has 2 amide bonds. The normalized spacial score (nSPS) is 23.6. The van der Waals surface area contributed by atoms with E-state index in [2.05, 4.69) is 20.1 Å². The van der Waals surface area contributed by atoms with Gasteiger partial charge < -0.3 is 25.2 Å². The lowest BCUT2D eigenvalue weighted by atomic mass is 10.0. The number of methoxy groups -OCH3 is 2. The van der Waals surface area contributed by atoms with Crippen LogP contribution in [0, 0.1) is 0 Å². The third-order valence-corrected chi connectivity index (χ3v) is 4.92. The molecular formula is C13H22N2O6S. The molecule has 0 radical (unpaired) electrons. The van der Waals surface area contributed by atoms with Crippen LogP contribution in [-0.4, -0.2) is 60.6 Å². The van der Waals surface area contributed by atoms with Gasteiger partial charge in [-0.25, -0.2) is 9.59 Å². The van der Waals surface area contributed by atoms with Crippen molar-refractivity contribution < 1.29 is 29.0 Å². The number of carbonyl (C=O) groups is 3. The molecule has 1 aliphatic heterocycles. The Balaban J connectivity index is 2.55. The highest BCUT2D eigenvalue weighted by Gasteiger charge is 2.38. The lowest BCUT2D eigenvalue weighted by Crippen LogP contribution is -2.53. The molecule has 9 heteroatoms. The van der Waals surface area contributed by atoms with Crippen molar-refractivity contribution in [3.8, 4) is 0 Å². The number of aliphatic carboxylic acids is 1. The van der Waals surface area contributed by atoms with E-state index in [1.165, 1.54) is 14.2 Å². The first-order valence-electron chi connectivity index (χ1n) is 7.00. The molecule has 1 saturated heterocycles. The number of carboxylic acids is 1. The molecular weight excluding hydrogens is 312 g/mol. The highest BCUT2D eigenvalue weighted by atomic mass is 32.2. The molecule has 0 aromatic rings. The van der Waals surface area contributed by atoms with Crippen LogP contribution in [0.25, 0.3) is 0 Å². The molecule has 1 rings (SSSR count). The zero-order chi connectivity index (χ0) is 16.5. The van der Waals surface area contributed by atoms with Gasteiger partial charge in [0.05, 0.1) is 26.3 Å². The molecule has 0 aromatic carbocycles. The quantitative estimate of drug-likeness (QED) is 0.599. The number of ether oxygens (including phenoxy) is 2. The molecule has 22 heavy (non-hydrogen) atoms.